The third-order valence-electron chi connectivity index (χ3n) is 10.6. The highest BCUT2D eigenvalue weighted by molar-refractivity contribution is 5.96. The fourth-order valence-corrected chi connectivity index (χ4v) is 6.51. The van der Waals surface area contributed by atoms with Crippen LogP contribution in [0.3, 0.4) is 0 Å². The van der Waals surface area contributed by atoms with Crippen molar-refractivity contribution in [3.05, 3.63) is 97.2 Å². The number of hydrogen-bond donors (Lipinski definition) is 9. The maximum absolute atomic E-state index is 12.6. The Morgan fingerprint density at radius 2 is 0.849 bits per heavy atom. The third kappa shape index (κ3) is 63.6. The minimum Gasteiger partial charge on any atom is -0.480 e. The number of nitrogens with one attached hydrogen (secondary N) is 6. The van der Waals surface area contributed by atoms with E-state index in [0.29, 0.717) is 39.0 Å². The number of aliphatic carboxylic acids is 2. The minimum atomic E-state index is -1.27. The lowest BCUT2D eigenvalue weighted by atomic mass is 10.1. The van der Waals surface area contributed by atoms with Gasteiger partial charge in [-0.25, -0.2) is 20.3 Å². The van der Waals surface area contributed by atoms with Gasteiger partial charge in [-0.15, -0.1) is 0 Å². The molecular formula is C64H101N7O22. The molecule has 29 heteroatoms. The van der Waals surface area contributed by atoms with Gasteiger partial charge in [-0.2, -0.15) is 0 Å². The van der Waals surface area contributed by atoms with Gasteiger partial charge in [0, 0.05) is 70.6 Å². The highest BCUT2D eigenvalue weighted by Crippen LogP contribution is 2.12. The van der Waals surface area contributed by atoms with E-state index >= 15 is 0 Å². The average Bonchev–Trinajstić information content (AvgIpc) is 2.34. The van der Waals surface area contributed by atoms with Crippen molar-refractivity contribution >= 4 is 70.9 Å². The van der Waals surface area contributed by atoms with Gasteiger partial charge in [0.2, 0.25) is 35.4 Å². The lowest BCUT2D eigenvalue weighted by Crippen LogP contribution is -2.45. The lowest BCUT2D eigenvalue weighted by Gasteiger charge is -2.25. The molecule has 0 heterocycles. The van der Waals surface area contributed by atoms with Gasteiger partial charge in [-0.1, -0.05) is 92.5 Å². The minimum absolute atomic E-state index is 0. The molecule has 0 saturated carbocycles. The Bertz CT molecular complexity index is 2490. The number of ketones is 2. The van der Waals surface area contributed by atoms with Crippen molar-refractivity contribution in [3.8, 4) is 0 Å². The van der Waals surface area contributed by atoms with Gasteiger partial charge < -0.3 is 75.3 Å². The number of nitrogens with two attached hydrogens (primary N) is 1. The van der Waals surface area contributed by atoms with Crippen LogP contribution in [0.15, 0.2) is 97.2 Å². The van der Waals surface area contributed by atoms with E-state index in [4.69, 9.17) is 44.2 Å². The maximum Gasteiger partial charge on any atom is 0.329 e. The Balaban J connectivity index is -0.00000174. The van der Waals surface area contributed by atoms with Crippen molar-refractivity contribution in [2.24, 2.45) is 5.90 Å². The van der Waals surface area contributed by atoms with Crippen LogP contribution in [0.25, 0.3) is 0 Å². The first-order valence-corrected chi connectivity index (χ1v) is 29.8. The molecule has 524 valence electrons. The Kier molecular flexibility index (Phi) is 55.0. The number of carbonyl (C=O) groups is 12. The zero-order valence-corrected chi connectivity index (χ0v) is 54.0. The van der Waals surface area contributed by atoms with Crippen LogP contribution in [0.1, 0.15) is 114 Å². The predicted molar refractivity (Wildman–Crippen MR) is 344 cm³/mol. The molecule has 10 N–H and O–H groups in total. The quantitative estimate of drug-likeness (QED) is 0.0106. The molecule has 29 nitrogen and oxygen atoms in total. The second-order valence-electron chi connectivity index (χ2n) is 21.2. The molecule has 0 aliphatic heterocycles. The van der Waals surface area contributed by atoms with Crippen molar-refractivity contribution < 1.29 is 106 Å². The van der Waals surface area contributed by atoms with Crippen LogP contribution in [0.4, 0.5) is 0 Å². The molecule has 0 fully saturated rings. The summed E-state index contributed by atoms with van der Waals surface area (Å²) in [4.78, 5) is 146. The Morgan fingerprint density at radius 1 is 0.441 bits per heavy atom. The van der Waals surface area contributed by atoms with Gasteiger partial charge in [0.25, 0.3) is 0 Å². The van der Waals surface area contributed by atoms with E-state index in [0.717, 1.165) is 6.08 Å². The van der Waals surface area contributed by atoms with Crippen LogP contribution >= 0.6 is 0 Å². The highest BCUT2D eigenvalue weighted by Gasteiger charge is 2.29. The largest absolute Gasteiger partial charge is 0.480 e. The number of amides is 6. The van der Waals surface area contributed by atoms with Crippen LogP contribution in [0, 0.1) is 0 Å². The molecule has 0 bridgehead atoms. The van der Waals surface area contributed by atoms with E-state index in [1.807, 2.05) is 6.92 Å². The summed E-state index contributed by atoms with van der Waals surface area (Å²) >= 11 is 0. The fourth-order valence-electron chi connectivity index (χ4n) is 6.51. The van der Waals surface area contributed by atoms with E-state index < -0.39 is 71.3 Å². The topological polar surface area (TPSA) is 417 Å². The van der Waals surface area contributed by atoms with E-state index in [1.54, 1.807) is 114 Å². The summed E-state index contributed by atoms with van der Waals surface area (Å²) in [6.07, 6.45) is 26.5. The zero-order valence-electron chi connectivity index (χ0n) is 54.0. The molecule has 0 spiro atoms. The highest BCUT2D eigenvalue weighted by atomic mass is 16.6. The van der Waals surface area contributed by atoms with Gasteiger partial charge in [0.05, 0.1) is 39.6 Å². The van der Waals surface area contributed by atoms with E-state index in [1.165, 1.54) is 18.2 Å². The molecular weight excluding hydrogens is 1220 g/mol. The van der Waals surface area contributed by atoms with Crippen LogP contribution in [-0.2, 0) is 95.5 Å². The standard InChI is InChI=1S/C34H46N4O11.C29H51N3O11.CH4/c35-49-26-28(39)16-15-21-36-32(42)27-48-25-24-47-23-22-37-30(40)20-19-29(34(45)46)38-31(41)17-13-11-9-7-5-3-1-2-4-6-8-10-12-14-18-33(43)44;1-8-39-19-21(33)10-9-13-30-25(36)20-41-17-16-40-15-14-31-23(34)12-11-22(27(38)43-29(5,6)7)32-24(35)18-26(37)42-28(2,3)4;/h1-14,17-18,29H,15-16,19-27,35H2,(H,36,42)(H,37,40)(H,38,41)(H,43,44)(H,45,46);22H,8-20H2,1-7H3,(H,30,36)(H,31,34)(H,32,35);1H4/b3-1+,4-2+,7-5+,8-6+,11-9+,12-10+,17-13-,18-14-;;/t29-;22-;/m00./s1. The van der Waals surface area contributed by atoms with Crippen molar-refractivity contribution in [2.75, 3.05) is 98.9 Å². The Hall–Kier alpha value is -8.32. The number of carboxylic acids is 2. The second kappa shape index (κ2) is 57.6. The van der Waals surface area contributed by atoms with Crippen LogP contribution in [0.5, 0.6) is 0 Å². The van der Waals surface area contributed by atoms with Crippen molar-refractivity contribution in [3.63, 3.8) is 0 Å². The Labute approximate surface area is 545 Å². The first-order valence-electron chi connectivity index (χ1n) is 29.8. The van der Waals surface area contributed by atoms with Gasteiger partial charge >= 0.3 is 23.9 Å². The number of Topliss-reactive ketones (excluding diaryl/α,β-unsaturated/α-hetero) is 2. The summed E-state index contributed by atoms with van der Waals surface area (Å²) in [6, 6.07) is -2.38. The molecule has 6 amide bonds. The molecule has 0 radical (unpaired) electrons. The summed E-state index contributed by atoms with van der Waals surface area (Å²) in [7, 11) is 0. The zero-order chi connectivity index (χ0) is 69.3. The van der Waals surface area contributed by atoms with Crippen molar-refractivity contribution in [1.82, 2.24) is 31.9 Å². The normalized spacial score (nSPS) is 12.4. The molecule has 0 rings (SSSR count). The monoisotopic (exact) mass is 1320 g/mol. The predicted octanol–water partition coefficient (Wildman–Crippen LogP) is 2.99. The molecule has 0 saturated heterocycles. The number of carboxylic acid groups (broad SMARTS) is 2. The second-order valence-corrected chi connectivity index (χ2v) is 21.2. The van der Waals surface area contributed by atoms with Crippen molar-refractivity contribution in [2.45, 2.75) is 137 Å². The van der Waals surface area contributed by atoms with E-state index in [9.17, 15) is 62.6 Å². The molecule has 0 aliphatic rings. The summed E-state index contributed by atoms with van der Waals surface area (Å²) < 4.78 is 36.6. The molecule has 0 aromatic rings. The third-order valence-corrected chi connectivity index (χ3v) is 10.6. The maximum atomic E-state index is 12.6. The smallest absolute Gasteiger partial charge is 0.329 e. The van der Waals surface area contributed by atoms with Crippen LogP contribution < -0.4 is 37.8 Å². The summed E-state index contributed by atoms with van der Waals surface area (Å²) in [5.41, 5.74) is -1.58. The van der Waals surface area contributed by atoms with Crippen LogP contribution in [-0.4, -0.2) is 203 Å². The molecule has 0 aromatic carbocycles. The van der Waals surface area contributed by atoms with Gasteiger partial charge in [-0.05, 0) is 74.1 Å². The number of hydrogen-bond acceptors (Lipinski definition) is 21. The molecule has 0 unspecified atom stereocenters. The van der Waals surface area contributed by atoms with Gasteiger partial charge in [0.15, 0.2) is 11.6 Å². The number of carbonyl (C=O) groups excluding carboxylic acids is 10. The molecule has 93 heavy (non-hydrogen) atoms. The fraction of sp³-hybridized carbons (Fsp3) is 0.562. The molecule has 0 aliphatic carbocycles. The SMILES string of the molecule is C.CCOCC(=O)CCCNC(=O)COCCOCCNC(=O)CC[C@H](NC(=O)CC(=O)OC(C)(C)C)C(=O)OC(C)(C)C.NOCC(=O)CCCNC(=O)COCCOCCNC(=O)CC[C@H](NC(=O)\C=C/C=C/C=C/C=C/C=C/C=C/C=C/C=C\C(=O)O)C(=O)O. The van der Waals surface area contributed by atoms with E-state index in [2.05, 4.69) is 36.7 Å². The number of allylic oxidation sites excluding steroid dienone is 14. The summed E-state index contributed by atoms with van der Waals surface area (Å²) in [5.74, 6) is -1.82. The lowest BCUT2D eigenvalue weighted by molar-refractivity contribution is -0.161. The summed E-state index contributed by atoms with van der Waals surface area (Å²) in [6.45, 7) is 14.1. The number of rotatable bonds is 50. The molecule has 2 atom stereocenters. The summed E-state index contributed by atoms with van der Waals surface area (Å²) in [5, 5.41) is 33.2. The van der Waals surface area contributed by atoms with Crippen LogP contribution in [0.2, 0.25) is 0 Å². The van der Waals surface area contributed by atoms with E-state index in [-0.39, 0.29) is 148 Å². The molecule has 0 aromatic heterocycles. The van der Waals surface area contributed by atoms with Crippen molar-refractivity contribution in [1.29, 1.82) is 0 Å². The number of esters is 2. The van der Waals surface area contributed by atoms with Gasteiger partial charge in [0.1, 0.15) is 56.1 Å². The van der Waals surface area contributed by atoms with Gasteiger partial charge in [-0.3, -0.25) is 48.0 Å². The average molecular weight is 1320 g/mol. The number of ether oxygens (including phenoxy) is 7. The first-order chi connectivity index (χ1) is 43.7. The Morgan fingerprint density at radius 3 is 1.27 bits per heavy atom. The first kappa shape index (κ1) is 88.9.